The zero-order valence-corrected chi connectivity index (χ0v) is 8.18. The highest BCUT2D eigenvalue weighted by Crippen LogP contribution is 2.22. The van der Waals surface area contributed by atoms with E-state index in [0.717, 1.165) is 5.69 Å². The third kappa shape index (κ3) is 1.58. The molecule has 1 rings (SSSR count). The topological polar surface area (TPSA) is 38.9 Å². The van der Waals surface area contributed by atoms with Crippen LogP contribution in [0, 0.1) is 13.8 Å². The molecular weight excluding hydrogens is 148 g/mol. The van der Waals surface area contributed by atoms with Crippen molar-refractivity contribution in [1.82, 2.24) is 4.98 Å². The van der Waals surface area contributed by atoms with E-state index in [4.69, 9.17) is 5.73 Å². The summed E-state index contributed by atoms with van der Waals surface area (Å²) in [5, 5.41) is 0. The van der Waals surface area contributed by atoms with E-state index >= 15 is 0 Å². The Morgan fingerprint density at radius 2 is 1.92 bits per heavy atom. The Balaban J connectivity index is 3.28. The van der Waals surface area contributed by atoms with E-state index in [1.807, 2.05) is 13.0 Å². The fraction of sp³-hybridized carbons (Fsp3) is 0.500. The number of pyridine rings is 1. The molecule has 0 bridgehead atoms. The first kappa shape index (κ1) is 9.04. The van der Waals surface area contributed by atoms with E-state index in [1.165, 1.54) is 11.1 Å². The zero-order chi connectivity index (χ0) is 9.30. The Kier molecular flexibility index (Phi) is 2.36. The number of nitrogen functional groups attached to an aromatic ring is 1. The molecule has 1 aromatic rings. The van der Waals surface area contributed by atoms with Crippen LogP contribution < -0.4 is 5.73 Å². The summed E-state index contributed by atoms with van der Waals surface area (Å²) >= 11 is 0. The molecular formula is C10H16N2. The summed E-state index contributed by atoms with van der Waals surface area (Å²) in [6, 6.07) is 1.93. The lowest BCUT2D eigenvalue weighted by molar-refractivity contribution is 0.833. The molecule has 2 nitrogen and oxygen atoms in total. The molecule has 0 unspecified atom stereocenters. The van der Waals surface area contributed by atoms with Crippen LogP contribution in [0.3, 0.4) is 0 Å². The van der Waals surface area contributed by atoms with Crippen molar-refractivity contribution in [2.75, 3.05) is 5.73 Å². The summed E-state index contributed by atoms with van der Waals surface area (Å²) in [5.74, 6) is 1.15. The molecule has 0 radical (unpaired) electrons. The van der Waals surface area contributed by atoms with Gasteiger partial charge >= 0.3 is 0 Å². The molecule has 1 heterocycles. The van der Waals surface area contributed by atoms with Crippen molar-refractivity contribution >= 4 is 5.82 Å². The van der Waals surface area contributed by atoms with E-state index in [0.29, 0.717) is 11.7 Å². The number of nitrogens with zero attached hydrogens (tertiary/aromatic N) is 1. The second-order valence-corrected chi connectivity index (χ2v) is 3.52. The molecule has 0 aliphatic heterocycles. The smallest absolute Gasteiger partial charge is 0.123 e. The number of hydrogen-bond acceptors (Lipinski definition) is 2. The molecule has 0 saturated heterocycles. The van der Waals surface area contributed by atoms with Gasteiger partial charge in [0.1, 0.15) is 5.82 Å². The SMILES string of the molecule is Cc1cc(N)nc(C)c1C(C)C. The summed E-state index contributed by atoms with van der Waals surface area (Å²) in [4.78, 5) is 4.23. The monoisotopic (exact) mass is 164 g/mol. The second kappa shape index (κ2) is 3.13. The van der Waals surface area contributed by atoms with Gasteiger partial charge in [-0.25, -0.2) is 4.98 Å². The Labute approximate surface area is 73.8 Å². The lowest BCUT2D eigenvalue weighted by atomic mass is 9.97. The van der Waals surface area contributed by atoms with Crippen LogP contribution in [-0.2, 0) is 0 Å². The predicted molar refractivity (Wildman–Crippen MR) is 52.2 cm³/mol. The van der Waals surface area contributed by atoms with Gasteiger partial charge in [0.2, 0.25) is 0 Å². The van der Waals surface area contributed by atoms with Crippen molar-refractivity contribution in [3.8, 4) is 0 Å². The van der Waals surface area contributed by atoms with Gasteiger partial charge in [0.15, 0.2) is 0 Å². The molecule has 0 fully saturated rings. The number of rotatable bonds is 1. The summed E-state index contributed by atoms with van der Waals surface area (Å²) in [6.07, 6.45) is 0. The van der Waals surface area contributed by atoms with Crippen molar-refractivity contribution in [3.05, 3.63) is 22.9 Å². The van der Waals surface area contributed by atoms with Gasteiger partial charge in [-0.3, -0.25) is 0 Å². The summed E-state index contributed by atoms with van der Waals surface area (Å²) < 4.78 is 0. The minimum absolute atomic E-state index is 0.526. The molecule has 0 saturated carbocycles. The van der Waals surface area contributed by atoms with Crippen molar-refractivity contribution < 1.29 is 0 Å². The second-order valence-electron chi connectivity index (χ2n) is 3.52. The Morgan fingerprint density at radius 3 is 2.33 bits per heavy atom. The van der Waals surface area contributed by atoms with E-state index < -0.39 is 0 Å². The molecule has 0 aliphatic carbocycles. The molecule has 66 valence electrons. The maximum Gasteiger partial charge on any atom is 0.123 e. The predicted octanol–water partition coefficient (Wildman–Crippen LogP) is 2.40. The molecule has 0 aromatic carbocycles. The van der Waals surface area contributed by atoms with E-state index in [-0.39, 0.29) is 0 Å². The zero-order valence-electron chi connectivity index (χ0n) is 8.18. The van der Waals surface area contributed by atoms with Gasteiger partial charge in [0.05, 0.1) is 0 Å². The van der Waals surface area contributed by atoms with Crippen LogP contribution in [0.1, 0.15) is 36.6 Å². The first-order valence-electron chi connectivity index (χ1n) is 4.26. The molecule has 1 aromatic heterocycles. The third-order valence-corrected chi connectivity index (χ3v) is 2.05. The van der Waals surface area contributed by atoms with Crippen molar-refractivity contribution in [2.45, 2.75) is 33.6 Å². The van der Waals surface area contributed by atoms with Crippen LogP contribution >= 0.6 is 0 Å². The van der Waals surface area contributed by atoms with Crippen LogP contribution in [0.25, 0.3) is 0 Å². The van der Waals surface area contributed by atoms with Crippen LogP contribution in [0.5, 0.6) is 0 Å². The number of aromatic nitrogens is 1. The number of anilines is 1. The van der Waals surface area contributed by atoms with Crippen molar-refractivity contribution in [3.63, 3.8) is 0 Å². The van der Waals surface area contributed by atoms with E-state index in [1.54, 1.807) is 0 Å². The third-order valence-electron chi connectivity index (χ3n) is 2.05. The Morgan fingerprint density at radius 1 is 1.33 bits per heavy atom. The van der Waals surface area contributed by atoms with Gasteiger partial charge in [-0.15, -0.1) is 0 Å². The Bertz CT molecular complexity index is 267. The minimum Gasteiger partial charge on any atom is -0.384 e. The van der Waals surface area contributed by atoms with Gasteiger partial charge in [-0.2, -0.15) is 0 Å². The summed E-state index contributed by atoms with van der Waals surface area (Å²) in [6.45, 7) is 8.44. The molecule has 12 heavy (non-hydrogen) atoms. The average Bonchev–Trinajstić information content (AvgIpc) is 1.82. The number of nitrogens with two attached hydrogens (primary N) is 1. The van der Waals surface area contributed by atoms with Crippen molar-refractivity contribution in [2.24, 2.45) is 0 Å². The van der Waals surface area contributed by atoms with Crippen LogP contribution in [0.4, 0.5) is 5.82 Å². The number of aryl methyl sites for hydroxylation is 2. The molecule has 2 heteroatoms. The minimum atomic E-state index is 0.526. The number of hydrogen-bond donors (Lipinski definition) is 1. The highest BCUT2D eigenvalue weighted by Gasteiger charge is 2.08. The fourth-order valence-electron chi connectivity index (χ4n) is 1.74. The molecule has 0 amide bonds. The first-order chi connectivity index (χ1) is 5.52. The van der Waals surface area contributed by atoms with Crippen molar-refractivity contribution in [1.29, 1.82) is 0 Å². The Hall–Kier alpha value is -1.05. The van der Waals surface area contributed by atoms with Crippen LogP contribution in [0.15, 0.2) is 6.07 Å². The molecule has 2 N–H and O–H groups in total. The highest BCUT2D eigenvalue weighted by molar-refractivity contribution is 5.41. The average molecular weight is 164 g/mol. The maximum atomic E-state index is 5.62. The summed E-state index contributed by atoms with van der Waals surface area (Å²) in [7, 11) is 0. The molecule has 0 aliphatic rings. The fourth-order valence-corrected chi connectivity index (χ4v) is 1.74. The molecule has 0 spiro atoms. The highest BCUT2D eigenvalue weighted by atomic mass is 14.8. The quantitative estimate of drug-likeness (QED) is 0.692. The standard InChI is InChI=1S/C10H16N2/c1-6(2)10-7(3)5-9(11)12-8(10)4/h5-6H,1-4H3,(H2,11,12). The normalized spacial score (nSPS) is 10.8. The van der Waals surface area contributed by atoms with Crippen LogP contribution in [0.2, 0.25) is 0 Å². The lowest BCUT2D eigenvalue weighted by Crippen LogP contribution is -2.02. The maximum absolute atomic E-state index is 5.62. The van der Waals surface area contributed by atoms with Gasteiger partial charge in [-0.1, -0.05) is 13.8 Å². The van der Waals surface area contributed by atoms with Gasteiger partial charge < -0.3 is 5.73 Å². The van der Waals surface area contributed by atoms with E-state index in [2.05, 4.69) is 25.8 Å². The van der Waals surface area contributed by atoms with Gasteiger partial charge in [0.25, 0.3) is 0 Å². The van der Waals surface area contributed by atoms with Crippen LogP contribution in [-0.4, -0.2) is 4.98 Å². The summed E-state index contributed by atoms with van der Waals surface area (Å²) in [5.41, 5.74) is 9.24. The largest absolute Gasteiger partial charge is 0.384 e. The van der Waals surface area contributed by atoms with E-state index in [9.17, 15) is 0 Å². The van der Waals surface area contributed by atoms with Gasteiger partial charge in [0, 0.05) is 5.69 Å². The molecule has 0 atom stereocenters. The van der Waals surface area contributed by atoms with Gasteiger partial charge in [-0.05, 0) is 37.0 Å². The first-order valence-corrected chi connectivity index (χ1v) is 4.26. The lowest BCUT2D eigenvalue weighted by Gasteiger charge is -2.12.